The molecule has 4 bridgehead atoms. The molecule has 6 rings (SSSR count). The van der Waals surface area contributed by atoms with Crippen molar-refractivity contribution in [2.45, 2.75) is 117 Å². The average molecular weight is 470 g/mol. The number of hydrazone groups is 1. The fourth-order valence-electron chi connectivity index (χ4n) is 9.65. The summed E-state index contributed by atoms with van der Waals surface area (Å²) >= 11 is 0. The minimum Gasteiger partial charge on any atom is -0.334 e. The fourth-order valence-corrected chi connectivity index (χ4v) is 9.65. The number of hydroxylamine groups is 1. The molecule has 1 unspecified atom stereocenters. The van der Waals surface area contributed by atoms with Crippen LogP contribution < -0.4 is 0 Å². The summed E-state index contributed by atoms with van der Waals surface area (Å²) in [5, 5.41) is 5.57. The third-order valence-corrected chi connectivity index (χ3v) is 8.93. The van der Waals surface area contributed by atoms with E-state index in [-0.39, 0.29) is 5.41 Å². The Morgan fingerprint density at radius 2 is 1.48 bits per heavy atom. The van der Waals surface area contributed by atoms with Crippen LogP contribution >= 0.6 is 0 Å². The molecule has 0 N–H and O–H groups in total. The van der Waals surface area contributed by atoms with Crippen LogP contribution in [0.25, 0.3) is 0 Å². The average Bonchev–Trinajstić information content (AvgIpc) is 2.97. The van der Waals surface area contributed by atoms with Gasteiger partial charge in [0.2, 0.25) is 0 Å². The predicted octanol–water partition coefficient (Wildman–Crippen LogP) is 6.40. The predicted molar refractivity (Wildman–Crippen MR) is 119 cm³/mol. The maximum Gasteiger partial charge on any atom is 0.493 e. The standard InChI is InChI=1S/C25H38F3N3O2/c1-21-12-22(2)14-23(3,13-21)17-24(15-21,16-22)11-18-29-31(33-20(32)25(26,27)28)19-9-7-5-4-6-8-10-30(18)19/h19H,4-17H2,1-3H3. The van der Waals surface area contributed by atoms with Gasteiger partial charge in [-0.15, -0.1) is 5.10 Å². The normalized spacial score (nSPS) is 43.0. The lowest BCUT2D eigenvalue weighted by Gasteiger charge is -2.69. The highest BCUT2D eigenvalue weighted by molar-refractivity contribution is 5.84. The van der Waals surface area contributed by atoms with Gasteiger partial charge in [-0.25, -0.2) is 4.79 Å². The highest BCUT2D eigenvalue weighted by Crippen LogP contribution is 2.74. The van der Waals surface area contributed by atoms with Crippen molar-refractivity contribution < 1.29 is 22.8 Å². The second-order valence-electron chi connectivity index (χ2n) is 13.1. The smallest absolute Gasteiger partial charge is 0.334 e. The van der Waals surface area contributed by atoms with Crippen LogP contribution in [0.1, 0.15) is 104 Å². The van der Waals surface area contributed by atoms with Gasteiger partial charge >= 0.3 is 12.1 Å². The first-order chi connectivity index (χ1) is 15.3. The number of hydrogen-bond donors (Lipinski definition) is 0. The SMILES string of the molecule is CC12CC3(C)CC(C)(C1)CC(CC1=NN(OC(=O)C(F)(F)F)C4CCCCCCCN14)(C2)C3. The molecule has 0 aromatic carbocycles. The molecule has 0 radical (unpaired) electrons. The van der Waals surface area contributed by atoms with Crippen LogP contribution in [0.2, 0.25) is 0 Å². The molecule has 0 amide bonds. The van der Waals surface area contributed by atoms with Crippen molar-refractivity contribution in [2.24, 2.45) is 26.8 Å². The molecule has 5 fully saturated rings. The maximum atomic E-state index is 13.0. The van der Waals surface area contributed by atoms with Crippen molar-refractivity contribution in [3.8, 4) is 0 Å². The zero-order valence-electron chi connectivity index (χ0n) is 20.3. The monoisotopic (exact) mass is 469 g/mol. The van der Waals surface area contributed by atoms with Crippen molar-refractivity contribution >= 4 is 11.8 Å². The van der Waals surface area contributed by atoms with E-state index in [2.05, 4.69) is 30.8 Å². The Hall–Kier alpha value is -1.47. The molecule has 4 aliphatic carbocycles. The van der Waals surface area contributed by atoms with E-state index in [0.717, 1.165) is 75.3 Å². The first kappa shape index (κ1) is 23.3. The van der Waals surface area contributed by atoms with Crippen molar-refractivity contribution in [2.75, 3.05) is 6.54 Å². The Bertz CT molecular complexity index is 788. The van der Waals surface area contributed by atoms with Crippen LogP contribution in [0, 0.1) is 21.7 Å². The quantitative estimate of drug-likeness (QED) is 0.480. The van der Waals surface area contributed by atoms with Gasteiger partial charge in [0.1, 0.15) is 5.84 Å². The summed E-state index contributed by atoms with van der Waals surface area (Å²) in [6.07, 6.45) is 8.40. The summed E-state index contributed by atoms with van der Waals surface area (Å²) in [6, 6.07) is 0. The van der Waals surface area contributed by atoms with Gasteiger partial charge in [0.15, 0.2) is 6.17 Å². The van der Waals surface area contributed by atoms with Crippen LogP contribution in [-0.2, 0) is 9.63 Å². The summed E-state index contributed by atoms with van der Waals surface area (Å²) in [6.45, 7) is 8.07. The molecule has 1 saturated heterocycles. The summed E-state index contributed by atoms with van der Waals surface area (Å²) in [7, 11) is 0. The van der Waals surface area contributed by atoms with E-state index in [9.17, 15) is 18.0 Å². The molecule has 1 atom stereocenters. The van der Waals surface area contributed by atoms with Crippen LogP contribution in [0.5, 0.6) is 0 Å². The van der Waals surface area contributed by atoms with Gasteiger partial charge in [-0.05, 0) is 79.4 Å². The van der Waals surface area contributed by atoms with Crippen LogP contribution in [0.4, 0.5) is 13.2 Å². The molecular weight excluding hydrogens is 431 g/mol. The summed E-state index contributed by atoms with van der Waals surface area (Å²) in [5.41, 5.74) is 1.10. The lowest BCUT2D eigenvalue weighted by Crippen LogP contribution is -2.59. The number of amidine groups is 1. The molecule has 6 aliphatic rings. The molecule has 33 heavy (non-hydrogen) atoms. The van der Waals surface area contributed by atoms with E-state index in [1.54, 1.807) is 0 Å². The van der Waals surface area contributed by atoms with E-state index in [4.69, 9.17) is 4.84 Å². The van der Waals surface area contributed by atoms with E-state index < -0.39 is 18.3 Å². The first-order valence-corrected chi connectivity index (χ1v) is 12.7. The van der Waals surface area contributed by atoms with Gasteiger partial charge in [-0.1, -0.05) is 45.2 Å². The fraction of sp³-hybridized carbons (Fsp3) is 0.920. The number of carbonyl (C=O) groups is 1. The molecular formula is C25H38F3N3O2. The number of nitrogens with zero attached hydrogens (tertiary/aromatic N) is 3. The van der Waals surface area contributed by atoms with Gasteiger partial charge in [0.05, 0.1) is 0 Å². The second kappa shape index (κ2) is 7.51. The molecule has 8 heteroatoms. The summed E-state index contributed by atoms with van der Waals surface area (Å²) in [5.74, 6) is -1.36. The van der Waals surface area contributed by atoms with Gasteiger partial charge < -0.3 is 9.74 Å². The number of halogens is 3. The minimum absolute atomic E-state index is 0.124. The maximum absolute atomic E-state index is 13.0. The minimum atomic E-state index is -5.03. The van der Waals surface area contributed by atoms with Crippen LogP contribution in [-0.4, -0.2) is 40.8 Å². The van der Waals surface area contributed by atoms with Gasteiger partial charge in [-0.2, -0.15) is 13.2 Å². The van der Waals surface area contributed by atoms with E-state index in [1.165, 1.54) is 19.3 Å². The third-order valence-electron chi connectivity index (χ3n) is 8.93. The number of hydrogen-bond acceptors (Lipinski definition) is 5. The number of fused-ring (bicyclic) bond motifs is 1. The van der Waals surface area contributed by atoms with Gasteiger partial charge in [-0.3, -0.25) is 0 Å². The Morgan fingerprint density at radius 3 is 2.06 bits per heavy atom. The van der Waals surface area contributed by atoms with E-state index >= 15 is 0 Å². The molecule has 0 aromatic heterocycles. The Morgan fingerprint density at radius 1 is 0.939 bits per heavy atom. The first-order valence-electron chi connectivity index (χ1n) is 12.7. The topological polar surface area (TPSA) is 45.1 Å². The molecule has 186 valence electrons. The van der Waals surface area contributed by atoms with E-state index in [1.807, 2.05) is 0 Å². The van der Waals surface area contributed by atoms with Crippen LogP contribution in [0.15, 0.2) is 5.10 Å². The lowest BCUT2D eigenvalue weighted by atomic mass is 9.36. The lowest BCUT2D eigenvalue weighted by molar-refractivity contribution is -0.250. The zero-order valence-corrected chi connectivity index (χ0v) is 20.3. The molecule has 5 nitrogen and oxygen atoms in total. The second-order valence-corrected chi connectivity index (χ2v) is 13.1. The Labute approximate surface area is 195 Å². The van der Waals surface area contributed by atoms with Crippen molar-refractivity contribution in [1.82, 2.24) is 10.1 Å². The van der Waals surface area contributed by atoms with Gasteiger partial charge in [0, 0.05) is 13.0 Å². The van der Waals surface area contributed by atoms with Gasteiger partial charge in [0.25, 0.3) is 0 Å². The number of rotatable bonds is 3. The molecule has 2 heterocycles. The molecule has 2 aliphatic heterocycles. The third kappa shape index (κ3) is 4.36. The number of alkyl halides is 3. The molecule has 0 aromatic rings. The highest BCUT2D eigenvalue weighted by Gasteiger charge is 2.64. The highest BCUT2D eigenvalue weighted by atomic mass is 19.4. The van der Waals surface area contributed by atoms with Crippen LogP contribution in [0.3, 0.4) is 0 Å². The van der Waals surface area contributed by atoms with Crippen molar-refractivity contribution in [3.05, 3.63) is 0 Å². The summed E-state index contributed by atoms with van der Waals surface area (Å²) < 4.78 is 39.0. The van der Waals surface area contributed by atoms with Crippen molar-refractivity contribution in [1.29, 1.82) is 0 Å². The molecule has 4 saturated carbocycles. The largest absolute Gasteiger partial charge is 0.493 e. The number of carbonyl (C=O) groups excluding carboxylic acids is 1. The van der Waals surface area contributed by atoms with E-state index in [0.29, 0.717) is 22.7 Å². The Kier molecular flexibility index (Phi) is 5.30. The summed E-state index contributed by atoms with van der Waals surface area (Å²) in [4.78, 5) is 18.7. The Balaban J connectivity index is 1.44. The van der Waals surface area contributed by atoms with Crippen molar-refractivity contribution in [3.63, 3.8) is 0 Å². The molecule has 0 spiro atoms. The zero-order chi connectivity index (χ0) is 23.7.